The van der Waals surface area contributed by atoms with Crippen LogP contribution in [0, 0.1) is 0 Å². The molecule has 1 aromatic carbocycles. The highest BCUT2D eigenvalue weighted by molar-refractivity contribution is 14.0. The molecular formula is C16H29IN4O4S. The summed E-state index contributed by atoms with van der Waals surface area (Å²) in [6, 6.07) is 7.44. The van der Waals surface area contributed by atoms with E-state index in [0.29, 0.717) is 32.0 Å². The van der Waals surface area contributed by atoms with Crippen LogP contribution in [0.2, 0.25) is 0 Å². The molecule has 8 nitrogen and oxygen atoms in total. The highest BCUT2D eigenvalue weighted by atomic mass is 127. The Morgan fingerprint density at radius 1 is 1.23 bits per heavy atom. The van der Waals surface area contributed by atoms with Crippen LogP contribution in [0.5, 0.6) is 11.5 Å². The van der Waals surface area contributed by atoms with Crippen LogP contribution >= 0.6 is 24.0 Å². The monoisotopic (exact) mass is 500 g/mol. The number of nitrogens with zero attached hydrogens (tertiary/aromatic N) is 1. The second-order valence-corrected chi connectivity index (χ2v) is 7.34. The summed E-state index contributed by atoms with van der Waals surface area (Å²) in [5, 5.41) is 6.29. The minimum atomic E-state index is -3.14. The van der Waals surface area contributed by atoms with Crippen LogP contribution in [0.4, 0.5) is 0 Å². The van der Waals surface area contributed by atoms with E-state index in [-0.39, 0.29) is 30.1 Å². The Bertz CT molecular complexity index is 655. The van der Waals surface area contributed by atoms with Crippen molar-refractivity contribution in [3.63, 3.8) is 0 Å². The minimum absolute atomic E-state index is 0. The molecule has 3 N–H and O–H groups in total. The lowest BCUT2D eigenvalue weighted by atomic mass is 10.3. The van der Waals surface area contributed by atoms with Gasteiger partial charge >= 0.3 is 0 Å². The number of benzene rings is 1. The lowest BCUT2D eigenvalue weighted by molar-refractivity contribution is 0.223. The van der Waals surface area contributed by atoms with Crippen LogP contribution in [-0.4, -0.2) is 60.5 Å². The van der Waals surface area contributed by atoms with E-state index in [0.717, 1.165) is 17.8 Å². The van der Waals surface area contributed by atoms with Crippen molar-refractivity contribution >= 4 is 40.0 Å². The molecule has 1 aromatic rings. The molecule has 0 aliphatic heterocycles. The molecule has 0 amide bonds. The normalized spacial score (nSPS) is 12.7. The SMILES string of the molecule is CN=C(NCCCNS(C)(=O)=O)NCC(C)Oc1cccc(OC)c1.I. The number of methoxy groups -OCH3 is 1. The van der Waals surface area contributed by atoms with Crippen LogP contribution < -0.4 is 24.8 Å². The third kappa shape index (κ3) is 11.4. The Kier molecular flexibility index (Phi) is 12.3. The number of hydrogen-bond acceptors (Lipinski definition) is 5. The van der Waals surface area contributed by atoms with E-state index in [9.17, 15) is 8.42 Å². The van der Waals surface area contributed by atoms with Crippen LogP contribution in [0.25, 0.3) is 0 Å². The summed E-state index contributed by atoms with van der Waals surface area (Å²) in [5.74, 6) is 2.13. The van der Waals surface area contributed by atoms with Gasteiger partial charge in [0.15, 0.2) is 5.96 Å². The average Bonchev–Trinajstić information content (AvgIpc) is 2.56. The van der Waals surface area contributed by atoms with Gasteiger partial charge in [-0.1, -0.05) is 6.07 Å². The fraction of sp³-hybridized carbons (Fsp3) is 0.562. The summed E-state index contributed by atoms with van der Waals surface area (Å²) in [6.45, 7) is 3.51. The van der Waals surface area contributed by atoms with Gasteiger partial charge in [-0.05, 0) is 25.5 Å². The molecule has 0 aliphatic carbocycles. The molecule has 0 heterocycles. The number of ether oxygens (including phenoxy) is 2. The highest BCUT2D eigenvalue weighted by Crippen LogP contribution is 2.19. The second kappa shape index (κ2) is 13.0. The maximum Gasteiger partial charge on any atom is 0.208 e. The first-order valence-corrected chi connectivity index (χ1v) is 9.93. The van der Waals surface area contributed by atoms with E-state index in [2.05, 4.69) is 20.3 Å². The van der Waals surface area contributed by atoms with Gasteiger partial charge in [-0.2, -0.15) is 0 Å². The Balaban J connectivity index is 0.00000625. The van der Waals surface area contributed by atoms with Gasteiger partial charge in [-0.25, -0.2) is 13.1 Å². The largest absolute Gasteiger partial charge is 0.497 e. The fourth-order valence-corrected chi connectivity index (χ4v) is 2.48. The fourth-order valence-electron chi connectivity index (χ4n) is 1.96. The maximum absolute atomic E-state index is 11.0. The molecule has 0 radical (unpaired) electrons. The topological polar surface area (TPSA) is 101 Å². The van der Waals surface area contributed by atoms with E-state index in [4.69, 9.17) is 9.47 Å². The zero-order chi connectivity index (χ0) is 18.7. The highest BCUT2D eigenvalue weighted by Gasteiger charge is 2.06. The smallest absolute Gasteiger partial charge is 0.208 e. The molecule has 0 saturated carbocycles. The van der Waals surface area contributed by atoms with Crippen molar-refractivity contribution in [1.29, 1.82) is 0 Å². The van der Waals surface area contributed by atoms with Gasteiger partial charge in [-0.3, -0.25) is 4.99 Å². The van der Waals surface area contributed by atoms with E-state index in [1.807, 2.05) is 31.2 Å². The third-order valence-electron chi connectivity index (χ3n) is 3.17. The molecule has 26 heavy (non-hydrogen) atoms. The second-order valence-electron chi connectivity index (χ2n) is 5.51. The molecule has 0 aromatic heterocycles. The molecule has 1 rings (SSSR count). The van der Waals surface area contributed by atoms with Crippen molar-refractivity contribution in [3.05, 3.63) is 24.3 Å². The summed E-state index contributed by atoms with van der Waals surface area (Å²) in [6.07, 6.45) is 1.73. The van der Waals surface area contributed by atoms with Crippen molar-refractivity contribution in [2.45, 2.75) is 19.4 Å². The van der Waals surface area contributed by atoms with E-state index >= 15 is 0 Å². The molecule has 150 valence electrons. The Morgan fingerprint density at radius 3 is 2.54 bits per heavy atom. The molecule has 0 fully saturated rings. The zero-order valence-corrected chi connectivity index (χ0v) is 18.8. The van der Waals surface area contributed by atoms with Crippen molar-refractivity contribution in [2.24, 2.45) is 4.99 Å². The van der Waals surface area contributed by atoms with Crippen LogP contribution in [0.15, 0.2) is 29.3 Å². The van der Waals surface area contributed by atoms with Gasteiger partial charge in [0.1, 0.15) is 17.6 Å². The quantitative estimate of drug-likeness (QED) is 0.193. The van der Waals surface area contributed by atoms with Crippen molar-refractivity contribution in [2.75, 3.05) is 40.0 Å². The number of aliphatic imine (C=N–C) groups is 1. The lowest BCUT2D eigenvalue weighted by Gasteiger charge is -2.18. The van der Waals surface area contributed by atoms with Crippen molar-refractivity contribution < 1.29 is 17.9 Å². The molecule has 0 aliphatic rings. The summed E-state index contributed by atoms with van der Waals surface area (Å²) in [4.78, 5) is 4.12. The minimum Gasteiger partial charge on any atom is -0.497 e. The van der Waals surface area contributed by atoms with Crippen LogP contribution in [0.3, 0.4) is 0 Å². The molecule has 0 saturated heterocycles. The van der Waals surface area contributed by atoms with Gasteiger partial charge in [0.2, 0.25) is 10.0 Å². The number of nitrogens with one attached hydrogen (secondary N) is 3. The summed E-state index contributed by atoms with van der Waals surface area (Å²) < 4.78 is 35.4. The standard InChI is InChI=1S/C16H28N4O4S.HI/c1-13(24-15-8-5-7-14(11-15)23-3)12-19-16(17-2)18-9-6-10-20-25(4,21)22;/h5,7-8,11,13,20H,6,9-10,12H2,1-4H3,(H2,17,18,19);1H. The Morgan fingerprint density at radius 2 is 1.92 bits per heavy atom. The molecule has 10 heteroatoms. The van der Waals surface area contributed by atoms with Crippen LogP contribution in [0.1, 0.15) is 13.3 Å². The molecule has 0 spiro atoms. The number of rotatable bonds is 10. The van der Waals surface area contributed by atoms with E-state index < -0.39 is 10.0 Å². The van der Waals surface area contributed by atoms with Gasteiger partial charge in [-0.15, -0.1) is 24.0 Å². The number of hydrogen-bond donors (Lipinski definition) is 3. The Hall–Kier alpha value is -1.27. The number of guanidine groups is 1. The predicted octanol–water partition coefficient (Wildman–Crippen LogP) is 1.18. The summed E-state index contributed by atoms with van der Waals surface area (Å²) >= 11 is 0. The van der Waals surface area contributed by atoms with Crippen molar-refractivity contribution in [1.82, 2.24) is 15.4 Å². The summed E-state index contributed by atoms with van der Waals surface area (Å²) in [5.41, 5.74) is 0. The van der Waals surface area contributed by atoms with Crippen LogP contribution in [-0.2, 0) is 10.0 Å². The average molecular weight is 500 g/mol. The summed E-state index contributed by atoms with van der Waals surface area (Å²) in [7, 11) is 0.159. The van der Waals surface area contributed by atoms with Gasteiger partial charge in [0.05, 0.1) is 19.9 Å². The first-order valence-electron chi connectivity index (χ1n) is 8.04. The maximum atomic E-state index is 11.0. The number of halogens is 1. The van der Waals surface area contributed by atoms with Crippen molar-refractivity contribution in [3.8, 4) is 11.5 Å². The Labute approximate surface area is 173 Å². The zero-order valence-electron chi connectivity index (χ0n) is 15.6. The lowest BCUT2D eigenvalue weighted by Crippen LogP contribution is -2.42. The van der Waals surface area contributed by atoms with Gasteiger partial charge in [0, 0.05) is 26.2 Å². The molecular weight excluding hydrogens is 471 g/mol. The van der Waals surface area contributed by atoms with E-state index in [1.165, 1.54) is 0 Å². The third-order valence-corrected chi connectivity index (χ3v) is 3.90. The molecule has 0 bridgehead atoms. The number of sulfonamides is 1. The molecule has 1 atom stereocenters. The van der Waals surface area contributed by atoms with E-state index in [1.54, 1.807) is 14.2 Å². The predicted molar refractivity (Wildman–Crippen MR) is 115 cm³/mol. The van der Waals surface area contributed by atoms with Gasteiger partial charge in [0.25, 0.3) is 0 Å². The molecule has 1 unspecified atom stereocenters. The first-order chi connectivity index (χ1) is 11.8. The first kappa shape index (κ1) is 24.7. The van der Waals surface area contributed by atoms with Gasteiger partial charge < -0.3 is 20.1 Å².